The Hall–Kier alpha value is -2.23. The average Bonchev–Trinajstić information content (AvgIpc) is 2.74. The molecule has 0 spiro atoms. The maximum atomic E-state index is 12.3. The molecular formula is C27H40O4. The van der Waals surface area contributed by atoms with Crippen LogP contribution in [0.4, 0.5) is 0 Å². The van der Waals surface area contributed by atoms with Crippen molar-refractivity contribution in [2.45, 2.75) is 104 Å². The van der Waals surface area contributed by atoms with Crippen LogP contribution in [-0.2, 0) is 6.42 Å². The van der Waals surface area contributed by atoms with Crippen LogP contribution in [0, 0.1) is 6.92 Å². The minimum absolute atomic E-state index is 0.0614. The molecule has 2 N–H and O–H groups in total. The molecule has 2 rings (SSSR count). The standard InChI is InChI=1S/C27H40O4/c1-3-4-5-6-7-8-9-10-11-12-13-14-15-16-17-18-22-19-24(29)26-25(30)20-23(28)21(2)27(26)31-22/h6-7,19-20,28,30H,3-5,8-18H2,1-2H3/b7-6-. The van der Waals surface area contributed by atoms with E-state index < -0.39 is 0 Å². The minimum atomic E-state index is -0.256. The van der Waals surface area contributed by atoms with Gasteiger partial charge in [-0.05, 0) is 32.6 Å². The highest BCUT2D eigenvalue weighted by Gasteiger charge is 2.14. The van der Waals surface area contributed by atoms with Crippen molar-refractivity contribution in [3.8, 4) is 11.5 Å². The molecule has 0 fully saturated rings. The Morgan fingerprint density at radius 3 is 2.03 bits per heavy atom. The Morgan fingerprint density at radius 2 is 1.39 bits per heavy atom. The number of rotatable bonds is 15. The van der Waals surface area contributed by atoms with Gasteiger partial charge in [0.05, 0.1) is 0 Å². The van der Waals surface area contributed by atoms with Crippen molar-refractivity contribution in [2.24, 2.45) is 0 Å². The lowest BCUT2D eigenvalue weighted by Crippen LogP contribution is -2.03. The highest BCUT2D eigenvalue weighted by atomic mass is 16.3. The molecule has 2 aromatic rings. The van der Waals surface area contributed by atoms with Gasteiger partial charge in [0.2, 0.25) is 0 Å². The lowest BCUT2D eigenvalue weighted by Gasteiger charge is -2.08. The fourth-order valence-corrected chi connectivity index (χ4v) is 3.95. The molecule has 4 heteroatoms. The van der Waals surface area contributed by atoms with Crippen molar-refractivity contribution >= 4 is 11.0 Å². The first-order valence-electron chi connectivity index (χ1n) is 12.2. The molecule has 31 heavy (non-hydrogen) atoms. The largest absolute Gasteiger partial charge is 0.507 e. The van der Waals surface area contributed by atoms with E-state index in [1.54, 1.807) is 6.92 Å². The third-order valence-electron chi connectivity index (χ3n) is 5.94. The van der Waals surface area contributed by atoms with Crippen LogP contribution in [-0.4, -0.2) is 10.2 Å². The normalized spacial score (nSPS) is 11.7. The summed E-state index contributed by atoms with van der Waals surface area (Å²) >= 11 is 0. The summed E-state index contributed by atoms with van der Waals surface area (Å²) in [4.78, 5) is 12.3. The van der Waals surface area contributed by atoms with E-state index in [1.807, 2.05) is 0 Å². The van der Waals surface area contributed by atoms with Crippen molar-refractivity contribution in [1.82, 2.24) is 0 Å². The van der Waals surface area contributed by atoms with Gasteiger partial charge in [-0.3, -0.25) is 4.79 Å². The summed E-state index contributed by atoms with van der Waals surface area (Å²) in [6.07, 6.45) is 21.6. The molecule has 1 aromatic carbocycles. The van der Waals surface area contributed by atoms with Crippen LogP contribution in [0.15, 0.2) is 33.5 Å². The van der Waals surface area contributed by atoms with E-state index in [2.05, 4.69) is 19.1 Å². The van der Waals surface area contributed by atoms with Gasteiger partial charge in [-0.1, -0.05) is 76.9 Å². The summed E-state index contributed by atoms with van der Waals surface area (Å²) in [7, 11) is 0. The highest BCUT2D eigenvalue weighted by Crippen LogP contribution is 2.32. The fourth-order valence-electron chi connectivity index (χ4n) is 3.95. The summed E-state index contributed by atoms with van der Waals surface area (Å²) in [6, 6.07) is 2.66. The van der Waals surface area contributed by atoms with E-state index in [9.17, 15) is 15.0 Å². The van der Waals surface area contributed by atoms with Gasteiger partial charge >= 0.3 is 0 Å². The number of hydrogen-bond donors (Lipinski definition) is 2. The van der Waals surface area contributed by atoms with Gasteiger partial charge in [-0.25, -0.2) is 0 Å². The van der Waals surface area contributed by atoms with Crippen LogP contribution in [0.2, 0.25) is 0 Å². The van der Waals surface area contributed by atoms with E-state index in [-0.39, 0.29) is 27.9 Å². The third-order valence-corrected chi connectivity index (χ3v) is 5.94. The second kappa shape index (κ2) is 14.0. The van der Waals surface area contributed by atoms with E-state index in [0.717, 1.165) is 12.8 Å². The first-order valence-corrected chi connectivity index (χ1v) is 12.2. The minimum Gasteiger partial charge on any atom is -0.507 e. The van der Waals surface area contributed by atoms with Crippen molar-refractivity contribution < 1.29 is 14.6 Å². The van der Waals surface area contributed by atoms with Crippen LogP contribution < -0.4 is 5.43 Å². The molecule has 0 unspecified atom stereocenters. The van der Waals surface area contributed by atoms with Crippen molar-refractivity contribution in [2.75, 3.05) is 0 Å². The summed E-state index contributed by atoms with van der Waals surface area (Å²) in [5.41, 5.74) is 0.518. The summed E-state index contributed by atoms with van der Waals surface area (Å²) in [5, 5.41) is 20.0. The zero-order valence-corrected chi connectivity index (χ0v) is 19.4. The second-order valence-corrected chi connectivity index (χ2v) is 8.66. The first-order chi connectivity index (χ1) is 15.0. The van der Waals surface area contributed by atoms with Crippen LogP contribution in [0.1, 0.15) is 102 Å². The zero-order chi connectivity index (χ0) is 22.5. The third kappa shape index (κ3) is 8.43. The molecule has 0 atom stereocenters. The molecule has 0 aliphatic rings. The predicted molar refractivity (Wildman–Crippen MR) is 129 cm³/mol. The number of phenolic OH excluding ortho intramolecular Hbond substituents is 2. The molecule has 4 nitrogen and oxygen atoms in total. The predicted octanol–water partition coefficient (Wildman–Crippen LogP) is 7.70. The van der Waals surface area contributed by atoms with Gasteiger partial charge < -0.3 is 14.6 Å². The van der Waals surface area contributed by atoms with E-state index in [4.69, 9.17) is 4.42 Å². The fraction of sp³-hybridized carbons (Fsp3) is 0.593. The quantitative estimate of drug-likeness (QED) is 0.225. The molecule has 0 radical (unpaired) electrons. The van der Waals surface area contributed by atoms with E-state index in [0.29, 0.717) is 17.7 Å². The van der Waals surface area contributed by atoms with E-state index in [1.165, 1.54) is 82.8 Å². The molecule has 0 saturated carbocycles. The maximum absolute atomic E-state index is 12.3. The Bertz CT molecular complexity index is 879. The van der Waals surface area contributed by atoms with Crippen LogP contribution in [0.25, 0.3) is 11.0 Å². The van der Waals surface area contributed by atoms with Gasteiger partial charge in [-0.2, -0.15) is 0 Å². The van der Waals surface area contributed by atoms with Crippen LogP contribution in [0.3, 0.4) is 0 Å². The molecule has 0 bridgehead atoms. The Labute approximate surface area is 187 Å². The second-order valence-electron chi connectivity index (χ2n) is 8.66. The lowest BCUT2D eigenvalue weighted by molar-refractivity contribution is 0.446. The summed E-state index contributed by atoms with van der Waals surface area (Å²) in [6.45, 7) is 3.92. The van der Waals surface area contributed by atoms with Gasteiger partial charge in [0, 0.05) is 24.1 Å². The van der Waals surface area contributed by atoms with Gasteiger partial charge in [-0.15, -0.1) is 0 Å². The van der Waals surface area contributed by atoms with Crippen LogP contribution >= 0.6 is 0 Å². The molecule has 172 valence electrons. The molecule has 0 aliphatic heterocycles. The smallest absolute Gasteiger partial charge is 0.196 e. The van der Waals surface area contributed by atoms with Crippen molar-refractivity contribution in [1.29, 1.82) is 0 Å². The first kappa shape index (κ1) is 25.0. The van der Waals surface area contributed by atoms with Crippen molar-refractivity contribution in [3.05, 3.63) is 45.8 Å². The monoisotopic (exact) mass is 428 g/mol. The number of phenols is 2. The lowest BCUT2D eigenvalue weighted by atomic mass is 10.0. The number of fused-ring (bicyclic) bond motifs is 1. The Morgan fingerprint density at radius 1 is 0.806 bits per heavy atom. The maximum Gasteiger partial charge on any atom is 0.196 e. The summed E-state index contributed by atoms with van der Waals surface area (Å²) in [5.74, 6) is 0.324. The SMILES string of the molecule is CCCC/C=C\CCCCCCCCCCCc1cc(=O)c2c(O)cc(O)c(C)c2o1. The number of hydrogen-bond acceptors (Lipinski definition) is 4. The molecule has 1 heterocycles. The number of benzene rings is 1. The molecular weight excluding hydrogens is 388 g/mol. The number of unbranched alkanes of at least 4 members (excludes halogenated alkanes) is 11. The zero-order valence-electron chi connectivity index (χ0n) is 19.4. The van der Waals surface area contributed by atoms with Gasteiger partial charge in [0.1, 0.15) is 28.2 Å². The molecule has 0 saturated heterocycles. The number of allylic oxidation sites excluding steroid dienone is 2. The number of aryl methyl sites for hydroxylation is 2. The van der Waals surface area contributed by atoms with Gasteiger partial charge in [0.25, 0.3) is 0 Å². The molecule has 0 amide bonds. The number of aromatic hydroxyl groups is 2. The average molecular weight is 429 g/mol. The van der Waals surface area contributed by atoms with Crippen molar-refractivity contribution in [3.63, 3.8) is 0 Å². The Kier molecular flexibility index (Phi) is 11.3. The van der Waals surface area contributed by atoms with Crippen LogP contribution in [0.5, 0.6) is 11.5 Å². The highest BCUT2D eigenvalue weighted by molar-refractivity contribution is 5.87. The van der Waals surface area contributed by atoms with E-state index >= 15 is 0 Å². The topological polar surface area (TPSA) is 70.7 Å². The Balaban J connectivity index is 1.58. The summed E-state index contributed by atoms with van der Waals surface area (Å²) < 4.78 is 5.83. The molecule has 0 aliphatic carbocycles. The molecule has 1 aromatic heterocycles. The van der Waals surface area contributed by atoms with Gasteiger partial charge in [0.15, 0.2) is 5.43 Å².